The molecule has 34 heavy (non-hydrogen) atoms. The van der Waals surface area contributed by atoms with Gasteiger partial charge in [0.1, 0.15) is 19.0 Å². The summed E-state index contributed by atoms with van der Waals surface area (Å²) >= 11 is 12.2. The number of piperidine rings is 1. The number of hydrogen-bond acceptors (Lipinski definition) is 5. The van der Waals surface area contributed by atoms with Crippen molar-refractivity contribution in [1.82, 2.24) is 4.90 Å². The van der Waals surface area contributed by atoms with Crippen molar-refractivity contribution in [1.29, 1.82) is 0 Å². The van der Waals surface area contributed by atoms with Crippen LogP contribution in [0.4, 0.5) is 0 Å². The Morgan fingerprint density at radius 1 is 1.12 bits per heavy atom. The Bertz CT molecular complexity index is 876. The summed E-state index contributed by atoms with van der Waals surface area (Å²) in [6.45, 7) is 3.22. The molecule has 0 bridgehead atoms. The highest BCUT2D eigenvalue weighted by Gasteiger charge is 2.28. The summed E-state index contributed by atoms with van der Waals surface area (Å²) < 4.78 is 16.7. The van der Waals surface area contributed by atoms with Gasteiger partial charge in [-0.1, -0.05) is 41.4 Å². The molecule has 0 radical (unpaired) electrons. The van der Waals surface area contributed by atoms with Gasteiger partial charge in [0.05, 0.1) is 22.6 Å². The molecule has 2 atom stereocenters. The quantitative estimate of drug-likeness (QED) is 0.419. The molecule has 1 aliphatic heterocycles. The van der Waals surface area contributed by atoms with E-state index in [-0.39, 0.29) is 24.2 Å². The van der Waals surface area contributed by atoms with Crippen molar-refractivity contribution in [2.45, 2.75) is 19.3 Å². The van der Waals surface area contributed by atoms with Gasteiger partial charge in [-0.15, -0.1) is 12.4 Å². The lowest BCUT2D eigenvalue weighted by molar-refractivity contribution is -0.137. The highest BCUT2D eigenvalue weighted by atomic mass is 35.5. The minimum Gasteiger partial charge on any atom is -0.490 e. The average Bonchev–Trinajstić information content (AvgIpc) is 2.82. The lowest BCUT2D eigenvalue weighted by Gasteiger charge is -2.34. The number of hydrogen-bond donors (Lipinski definition) is 1. The number of ether oxygens (including phenoxy) is 3. The fraction of sp³-hybridized carbons (Fsp3) is 0.480. The van der Waals surface area contributed by atoms with Crippen molar-refractivity contribution in [3.8, 4) is 11.5 Å². The molecular formula is C25H33Cl3N2O4. The van der Waals surface area contributed by atoms with Crippen LogP contribution in [0.2, 0.25) is 10.0 Å². The topological polar surface area (TPSA) is 74.0 Å². The van der Waals surface area contributed by atoms with Crippen molar-refractivity contribution >= 4 is 41.5 Å². The van der Waals surface area contributed by atoms with Crippen LogP contribution in [-0.2, 0) is 16.0 Å². The first-order chi connectivity index (χ1) is 16.0. The summed E-state index contributed by atoms with van der Waals surface area (Å²) in [6.07, 6.45) is 2.72. The van der Waals surface area contributed by atoms with E-state index in [0.717, 1.165) is 37.2 Å². The number of carbonyl (C=O) groups excluding carboxylic acids is 1. The van der Waals surface area contributed by atoms with Gasteiger partial charge in [-0.3, -0.25) is 4.79 Å². The van der Waals surface area contributed by atoms with Crippen LogP contribution in [0, 0.1) is 11.8 Å². The number of benzene rings is 2. The number of methoxy groups -OCH3 is 1. The smallest absolute Gasteiger partial charge is 0.227 e. The second-order valence-corrected chi connectivity index (χ2v) is 9.09. The highest BCUT2D eigenvalue weighted by molar-refractivity contribution is 6.37. The van der Waals surface area contributed by atoms with E-state index in [2.05, 4.69) is 0 Å². The molecule has 2 unspecified atom stereocenters. The van der Waals surface area contributed by atoms with E-state index in [4.69, 9.17) is 43.1 Å². The molecule has 9 heteroatoms. The lowest BCUT2D eigenvalue weighted by atomic mass is 9.94. The van der Waals surface area contributed by atoms with E-state index in [1.54, 1.807) is 25.3 Å². The fourth-order valence-corrected chi connectivity index (χ4v) is 4.60. The number of carbonyl (C=O) groups is 1. The van der Waals surface area contributed by atoms with Crippen molar-refractivity contribution < 1.29 is 19.0 Å². The number of nitrogens with two attached hydrogens (primary N) is 1. The summed E-state index contributed by atoms with van der Waals surface area (Å²) in [5, 5.41) is 0.934. The lowest BCUT2D eigenvalue weighted by Crippen LogP contribution is -2.46. The maximum absolute atomic E-state index is 13.0. The molecular weight excluding hydrogens is 499 g/mol. The van der Waals surface area contributed by atoms with Gasteiger partial charge in [0, 0.05) is 26.7 Å². The molecule has 2 N–H and O–H groups in total. The van der Waals surface area contributed by atoms with Gasteiger partial charge in [0.15, 0.2) is 5.75 Å². The van der Waals surface area contributed by atoms with Crippen molar-refractivity contribution in [2.75, 3.05) is 46.6 Å². The van der Waals surface area contributed by atoms with Gasteiger partial charge in [0.2, 0.25) is 5.91 Å². The Morgan fingerprint density at radius 2 is 1.79 bits per heavy atom. The van der Waals surface area contributed by atoms with Crippen LogP contribution in [0.3, 0.4) is 0 Å². The molecule has 0 spiro atoms. The minimum atomic E-state index is -0.230. The zero-order chi connectivity index (χ0) is 23.6. The highest BCUT2D eigenvalue weighted by Crippen LogP contribution is 2.32. The molecule has 0 saturated carbocycles. The largest absolute Gasteiger partial charge is 0.490 e. The van der Waals surface area contributed by atoms with Crippen LogP contribution in [0.5, 0.6) is 11.5 Å². The third-order valence-electron chi connectivity index (χ3n) is 5.79. The molecule has 2 aromatic carbocycles. The summed E-state index contributed by atoms with van der Waals surface area (Å²) in [7, 11) is 1.71. The summed E-state index contributed by atoms with van der Waals surface area (Å²) in [5.74, 6) is 1.49. The number of amides is 1. The third-order valence-corrected chi connectivity index (χ3v) is 6.38. The molecule has 2 aromatic rings. The number of halogens is 3. The Morgan fingerprint density at radius 3 is 2.44 bits per heavy atom. The molecule has 1 aliphatic rings. The van der Waals surface area contributed by atoms with Crippen LogP contribution in [0.25, 0.3) is 0 Å². The fourth-order valence-electron chi connectivity index (χ4n) is 4.10. The van der Waals surface area contributed by atoms with E-state index >= 15 is 0 Å². The van der Waals surface area contributed by atoms with E-state index in [1.165, 1.54) is 0 Å². The van der Waals surface area contributed by atoms with Crippen LogP contribution in [0.15, 0.2) is 42.5 Å². The number of likely N-dealkylation sites (tertiary alicyclic amines) is 1. The minimum absolute atomic E-state index is 0. The zero-order valence-electron chi connectivity index (χ0n) is 19.4. The number of nitrogens with zero attached hydrogens (tertiary/aromatic N) is 1. The molecule has 3 rings (SSSR count). The Labute approximate surface area is 218 Å². The van der Waals surface area contributed by atoms with Crippen molar-refractivity contribution in [2.24, 2.45) is 17.6 Å². The Kier molecular flexibility index (Phi) is 12.3. The van der Waals surface area contributed by atoms with Gasteiger partial charge in [-0.05, 0) is 55.0 Å². The molecule has 1 fully saturated rings. The van der Waals surface area contributed by atoms with Gasteiger partial charge in [0.25, 0.3) is 0 Å². The van der Waals surface area contributed by atoms with Gasteiger partial charge < -0.3 is 24.8 Å². The summed E-state index contributed by atoms with van der Waals surface area (Å²) in [4.78, 5) is 15.0. The standard InChI is InChI=1S/C25H32Cl2N2O4.ClH/c1-31-17-19-4-3-11-29(16-19)25(30)20(15-28)14-18-7-9-21(10-8-18)32-12-13-33-24-22(26)5-2-6-23(24)27;/h2,5-10,19-20H,3-4,11-17,28H2,1H3;1H. The average molecular weight is 532 g/mol. The number of rotatable bonds is 11. The van der Waals surface area contributed by atoms with Gasteiger partial charge in [-0.2, -0.15) is 0 Å². The number of para-hydroxylation sites is 1. The third kappa shape index (κ3) is 8.21. The van der Waals surface area contributed by atoms with E-state index in [0.29, 0.717) is 54.5 Å². The van der Waals surface area contributed by atoms with E-state index in [9.17, 15) is 4.79 Å². The predicted octanol–water partition coefficient (Wildman–Crippen LogP) is 4.88. The first kappa shape index (κ1) is 28.5. The molecule has 6 nitrogen and oxygen atoms in total. The van der Waals surface area contributed by atoms with Crippen LogP contribution in [0.1, 0.15) is 18.4 Å². The summed E-state index contributed by atoms with van der Waals surface area (Å²) in [6, 6.07) is 13.0. The first-order valence-electron chi connectivity index (χ1n) is 11.3. The Hall–Kier alpha value is -1.70. The van der Waals surface area contributed by atoms with Crippen molar-refractivity contribution in [3.05, 3.63) is 58.1 Å². The molecule has 1 amide bonds. The van der Waals surface area contributed by atoms with E-state index < -0.39 is 0 Å². The second-order valence-electron chi connectivity index (χ2n) is 8.28. The maximum Gasteiger partial charge on any atom is 0.227 e. The zero-order valence-corrected chi connectivity index (χ0v) is 21.7. The van der Waals surface area contributed by atoms with Gasteiger partial charge >= 0.3 is 0 Å². The summed E-state index contributed by atoms with van der Waals surface area (Å²) in [5.41, 5.74) is 7.02. The van der Waals surface area contributed by atoms with Crippen LogP contribution < -0.4 is 15.2 Å². The van der Waals surface area contributed by atoms with Crippen LogP contribution in [-0.4, -0.2) is 57.4 Å². The monoisotopic (exact) mass is 530 g/mol. The second kappa shape index (κ2) is 14.6. The molecule has 0 aliphatic carbocycles. The molecule has 188 valence electrons. The SMILES string of the molecule is COCC1CCCN(C(=O)C(CN)Cc2ccc(OCCOc3c(Cl)cccc3Cl)cc2)C1.Cl. The van der Waals surface area contributed by atoms with Crippen LogP contribution >= 0.6 is 35.6 Å². The normalized spacial score (nSPS) is 16.5. The molecule has 1 heterocycles. The maximum atomic E-state index is 13.0. The van der Waals surface area contributed by atoms with Crippen molar-refractivity contribution in [3.63, 3.8) is 0 Å². The predicted molar refractivity (Wildman–Crippen MR) is 139 cm³/mol. The molecule has 0 aromatic heterocycles. The molecule has 1 saturated heterocycles. The Balaban J connectivity index is 0.00000408. The first-order valence-corrected chi connectivity index (χ1v) is 12.0. The van der Waals surface area contributed by atoms with E-state index in [1.807, 2.05) is 29.2 Å². The van der Waals surface area contributed by atoms with Gasteiger partial charge in [-0.25, -0.2) is 0 Å².